The number of aromatic nitrogens is 2. The molecule has 0 fully saturated rings. The second-order valence-corrected chi connectivity index (χ2v) is 6.56. The monoisotopic (exact) mass is 397 g/mol. The van der Waals surface area contributed by atoms with Crippen molar-refractivity contribution in [1.82, 2.24) is 9.97 Å². The van der Waals surface area contributed by atoms with Gasteiger partial charge in [-0.2, -0.15) is 0 Å². The number of anilines is 1. The van der Waals surface area contributed by atoms with E-state index in [0.717, 1.165) is 20.6 Å². The molecule has 2 rings (SSSR count). The van der Waals surface area contributed by atoms with Gasteiger partial charge in [-0.15, -0.1) is 0 Å². The molecule has 1 heterocycles. The summed E-state index contributed by atoms with van der Waals surface area (Å²) in [5.41, 5.74) is 7.94. The predicted octanol–water partition coefficient (Wildman–Crippen LogP) is 4.24. The van der Waals surface area contributed by atoms with E-state index < -0.39 is 0 Å². The van der Waals surface area contributed by atoms with E-state index >= 15 is 0 Å². The molecule has 4 nitrogen and oxygen atoms in total. The molecule has 0 aliphatic heterocycles. The molecule has 1 aromatic heterocycles. The first kappa shape index (κ1) is 16.0. The summed E-state index contributed by atoms with van der Waals surface area (Å²) in [6, 6.07) is 7.79. The summed E-state index contributed by atoms with van der Waals surface area (Å²) < 4.78 is 6.58. The summed E-state index contributed by atoms with van der Waals surface area (Å²) in [5.74, 6) is 2.35. The highest BCUT2D eigenvalue weighted by molar-refractivity contribution is 14.1. The van der Waals surface area contributed by atoms with Crippen LogP contribution in [0, 0.1) is 3.57 Å². The molecule has 2 N–H and O–H groups in total. The van der Waals surface area contributed by atoms with Gasteiger partial charge in [0, 0.05) is 5.56 Å². The van der Waals surface area contributed by atoms with Crippen LogP contribution in [-0.4, -0.2) is 16.1 Å². The summed E-state index contributed by atoms with van der Waals surface area (Å²) in [6.45, 7) is 8.22. The van der Waals surface area contributed by atoms with Gasteiger partial charge in [-0.05, 0) is 66.6 Å². The van der Waals surface area contributed by atoms with Gasteiger partial charge >= 0.3 is 0 Å². The number of benzene rings is 1. The van der Waals surface area contributed by atoms with Gasteiger partial charge in [-0.25, -0.2) is 9.97 Å². The molecule has 0 aliphatic rings. The summed E-state index contributed by atoms with van der Waals surface area (Å²) in [4.78, 5) is 9.05. The molecule has 0 bridgehead atoms. The Hall–Kier alpha value is -1.37. The quantitative estimate of drug-likeness (QED) is 0.784. The smallest absolute Gasteiger partial charge is 0.161 e. The fraction of sp³-hybridized carbons (Fsp3) is 0.375. The van der Waals surface area contributed by atoms with Crippen LogP contribution in [0.1, 0.15) is 39.3 Å². The van der Waals surface area contributed by atoms with E-state index in [1.54, 1.807) is 0 Å². The van der Waals surface area contributed by atoms with Crippen LogP contribution in [0.4, 0.5) is 5.82 Å². The minimum Gasteiger partial charge on any atom is -0.491 e. The summed E-state index contributed by atoms with van der Waals surface area (Å²) in [7, 11) is 0. The van der Waals surface area contributed by atoms with Gasteiger partial charge in [0.1, 0.15) is 11.6 Å². The van der Waals surface area contributed by atoms with Crippen molar-refractivity contribution in [2.75, 3.05) is 5.73 Å². The van der Waals surface area contributed by atoms with Crippen LogP contribution >= 0.6 is 22.6 Å². The van der Waals surface area contributed by atoms with E-state index in [4.69, 9.17) is 10.5 Å². The highest BCUT2D eigenvalue weighted by Gasteiger charge is 2.14. The largest absolute Gasteiger partial charge is 0.491 e. The Bertz CT molecular complexity index is 624. The molecule has 0 amide bonds. The highest BCUT2D eigenvalue weighted by Crippen LogP contribution is 2.27. The Balaban J connectivity index is 2.38. The lowest BCUT2D eigenvalue weighted by Gasteiger charge is -2.12. The molecular formula is C16H20IN3O. The Morgan fingerprint density at radius 2 is 1.67 bits per heavy atom. The number of rotatable bonds is 4. The SMILES string of the molecule is CC(C)Oc1ccc(-c2nc(N)c(I)c(C(C)C)n2)cc1. The van der Waals surface area contributed by atoms with Crippen molar-refractivity contribution >= 4 is 28.4 Å². The van der Waals surface area contributed by atoms with Gasteiger partial charge in [-0.1, -0.05) is 13.8 Å². The Kier molecular flexibility index (Phi) is 5.03. The van der Waals surface area contributed by atoms with Crippen LogP contribution in [0.5, 0.6) is 5.75 Å². The van der Waals surface area contributed by atoms with Crippen molar-refractivity contribution < 1.29 is 4.74 Å². The lowest BCUT2D eigenvalue weighted by atomic mass is 10.1. The van der Waals surface area contributed by atoms with Gasteiger partial charge in [0.2, 0.25) is 0 Å². The van der Waals surface area contributed by atoms with Gasteiger partial charge in [0.05, 0.1) is 15.4 Å². The van der Waals surface area contributed by atoms with E-state index in [1.165, 1.54) is 0 Å². The third-order valence-electron chi connectivity index (χ3n) is 2.93. The van der Waals surface area contributed by atoms with Crippen LogP contribution in [0.15, 0.2) is 24.3 Å². The van der Waals surface area contributed by atoms with Crippen LogP contribution in [-0.2, 0) is 0 Å². The van der Waals surface area contributed by atoms with Gasteiger partial charge in [-0.3, -0.25) is 0 Å². The van der Waals surface area contributed by atoms with Crippen molar-refractivity contribution in [3.63, 3.8) is 0 Å². The van der Waals surface area contributed by atoms with E-state index in [0.29, 0.717) is 17.6 Å². The van der Waals surface area contributed by atoms with E-state index in [1.807, 2.05) is 38.1 Å². The number of nitrogen functional groups attached to an aromatic ring is 1. The van der Waals surface area contributed by atoms with Crippen molar-refractivity contribution in [3.8, 4) is 17.1 Å². The average molecular weight is 397 g/mol. The Labute approximate surface area is 139 Å². The zero-order valence-corrected chi connectivity index (χ0v) is 14.9. The molecule has 1 aromatic carbocycles. The standard InChI is InChI=1S/C16H20IN3O/c1-9(2)14-13(17)15(18)20-16(19-14)11-5-7-12(8-6-11)21-10(3)4/h5-10H,1-4H3,(H2,18,19,20). The predicted molar refractivity (Wildman–Crippen MR) is 94.5 cm³/mol. The first-order valence-electron chi connectivity index (χ1n) is 6.98. The molecule has 2 aromatic rings. The lowest BCUT2D eigenvalue weighted by Crippen LogP contribution is -2.07. The minimum atomic E-state index is 0.161. The normalized spacial score (nSPS) is 11.2. The molecule has 0 saturated carbocycles. The molecule has 0 atom stereocenters. The number of nitrogens with zero attached hydrogens (tertiary/aromatic N) is 2. The molecule has 0 unspecified atom stereocenters. The van der Waals surface area contributed by atoms with Gasteiger partial charge in [0.25, 0.3) is 0 Å². The Morgan fingerprint density at radius 3 is 2.19 bits per heavy atom. The zero-order valence-electron chi connectivity index (χ0n) is 12.7. The maximum atomic E-state index is 6.01. The molecule has 112 valence electrons. The van der Waals surface area contributed by atoms with Crippen molar-refractivity contribution in [2.24, 2.45) is 0 Å². The molecule has 0 spiro atoms. The van der Waals surface area contributed by atoms with Crippen LogP contribution < -0.4 is 10.5 Å². The second-order valence-electron chi connectivity index (χ2n) is 5.48. The number of nitrogens with two attached hydrogens (primary N) is 1. The summed E-state index contributed by atoms with van der Waals surface area (Å²) >= 11 is 2.20. The fourth-order valence-electron chi connectivity index (χ4n) is 1.95. The fourth-order valence-corrected chi connectivity index (χ4v) is 2.81. The molecular weight excluding hydrogens is 377 g/mol. The van der Waals surface area contributed by atoms with Crippen molar-refractivity contribution in [1.29, 1.82) is 0 Å². The average Bonchev–Trinajstić information content (AvgIpc) is 2.41. The summed E-state index contributed by atoms with van der Waals surface area (Å²) in [5, 5.41) is 0. The number of ether oxygens (including phenoxy) is 1. The minimum absolute atomic E-state index is 0.161. The Morgan fingerprint density at radius 1 is 1.05 bits per heavy atom. The molecule has 0 aliphatic carbocycles. The lowest BCUT2D eigenvalue weighted by molar-refractivity contribution is 0.242. The molecule has 21 heavy (non-hydrogen) atoms. The third-order valence-corrected chi connectivity index (χ3v) is 4.04. The van der Waals surface area contributed by atoms with Crippen LogP contribution in [0.25, 0.3) is 11.4 Å². The van der Waals surface area contributed by atoms with Gasteiger partial charge in [0.15, 0.2) is 5.82 Å². The third kappa shape index (κ3) is 3.84. The van der Waals surface area contributed by atoms with Crippen LogP contribution in [0.2, 0.25) is 0 Å². The zero-order chi connectivity index (χ0) is 15.6. The van der Waals surface area contributed by atoms with Crippen LogP contribution in [0.3, 0.4) is 0 Å². The molecule has 0 radical (unpaired) electrons. The van der Waals surface area contributed by atoms with Crippen molar-refractivity contribution in [2.45, 2.75) is 39.7 Å². The number of halogens is 1. The maximum Gasteiger partial charge on any atom is 0.161 e. The van der Waals surface area contributed by atoms with Crippen molar-refractivity contribution in [3.05, 3.63) is 33.5 Å². The maximum absolute atomic E-state index is 6.01. The topological polar surface area (TPSA) is 61.0 Å². The van der Waals surface area contributed by atoms with E-state index in [9.17, 15) is 0 Å². The van der Waals surface area contributed by atoms with E-state index in [-0.39, 0.29) is 6.10 Å². The number of hydrogen-bond acceptors (Lipinski definition) is 4. The molecule has 5 heteroatoms. The second kappa shape index (κ2) is 6.60. The molecule has 0 saturated heterocycles. The highest BCUT2D eigenvalue weighted by atomic mass is 127. The number of hydrogen-bond donors (Lipinski definition) is 1. The van der Waals surface area contributed by atoms with E-state index in [2.05, 4.69) is 46.4 Å². The first-order chi connectivity index (χ1) is 9.88. The van der Waals surface area contributed by atoms with Gasteiger partial charge < -0.3 is 10.5 Å². The first-order valence-corrected chi connectivity index (χ1v) is 8.06. The summed E-state index contributed by atoms with van der Waals surface area (Å²) in [6.07, 6.45) is 0.161.